The number of amides is 1. The van der Waals surface area contributed by atoms with Crippen LogP contribution in [-0.2, 0) is 15.6 Å². The molecular weight excluding hydrogens is 368 g/mol. The monoisotopic (exact) mass is 392 g/mol. The van der Waals surface area contributed by atoms with Gasteiger partial charge in [0.2, 0.25) is 0 Å². The lowest BCUT2D eigenvalue weighted by Crippen LogP contribution is -2.36. The average Bonchev–Trinajstić information content (AvgIpc) is 3.28. The number of nitrogens with zero attached hydrogens (tertiary/aromatic N) is 1. The molecule has 26 heavy (non-hydrogen) atoms. The minimum absolute atomic E-state index is 0.00961. The number of carbonyl (C=O) groups is 1. The summed E-state index contributed by atoms with van der Waals surface area (Å²) < 4.78 is 22.7. The molecule has 3 rings (SSSR count). The molecule has 0 bridgehead atoms. The molecular formula is C19H24N2O3S2. The largest absolute Gasteiger partial charge is 0.350 e. The van der Waals surface area contributed by atoms with Gasteiger partial charge in [0.1, 0.15) is 0 Å². The quantitative estimate of drug-likeness (QED) is 0.787. The summed E-state index contributed by atoms with van der Waals surface area (Å²) in [5, 5.41) is 5.11. The number of sulfone groups is 1. The van der Waals surface area contributed by atoms with Crippen molar-refractivity contribution in [3.63, 3.8) is 0 Å². The Morgan fingerprint density at radius 2 is 1.88 bits per heavy atom. The van der Waals surface area contributed by atoms with Crippen molar-refractivity contribution in [2.75, 3.05) is 25.9 Å². The third-order valence-corrected chi connectivity index (χ3v) is 6.39. The highest BCUT2D eigenvalue weighted by atomic mass is 32.2. The lowest BCUT2D eigenvalue weighted by molar-refractivity contribution is 0.0938. The molecule has 1 N–H and O–H groups in total. The Balaban J connectivity index is 1.63. The molecule has 2 aromatic rings. The zero-order valence-electron chi connectivity index (χ0n) is 14.8. The molecule has 1 saturated heterocycles. The highest BCUT2D eigenvalue weighted by Gasteiger charge is 2.24. The van der Waals surface area contributed by atoms with E-state index in [9.17, 15) is 13.2 Å². The Bertz CT molecular complexity index is 824. The van der Waals surface area contributed by atoms with Gasteiger partial charge in [0.15, 0.2) is 9.84 Å². The smallest absolute Gasteiger partial charge is 0.251 e. The molecule has 2 heterocycles. The first-order chi connectivity index (χ1) is 12.4. The van der Waals surface area contributed by atoms with Gasteiger partial charge in [-0.25, -0.2) is 8.42 Å². The molecule has 0 unspecified atom stereocenters. The summed E-state index contributed by atoms with van der Waals surface area (Å²) in [7, 11) is -3.07. The molecule has 1 aliphatic rings. The Morgan fingerprint density at radius 3 is 2.46 bits per heavy atom. The standard InChI is InChI=1S/C19H24N2O3S2/c1-26(23,24)14-15-6-8-16(9-7-15)19(22)20-13-17(18-5-4-12-25-18)21-10-2-3-11-21/h4-9,12,17H,2-3,10-11,13-14H2,1H3,(H,20,22)/t17-/m0/s1. The average molecular weight is 393 g/mol. The third-order valence-electron chi connectivity index (χ3n) is 4.55. The van der Waals surface area contributed by atoms with E-state index in [1.807, 2.05) is 6.07 Å². The van der Waals surface area contributed by atoms with Gasteiger partial charge in [-0.05, 0) is 55.1 Å². The van der Waals surface area contributed by atoms with Gasteiger partial charge in [0, 0.05) is 23.2 Å². The predicted molar refractivity (Wildman–Crippen MR) is 105 cm³/mol. The number of nitrogens with one attached hydrogen (secondary N) is 1. The summed E-state index contributed by atoms with van der Waals surface area (Å²) in [4.78, 5) is 16.2. The molecule has 5 nitrogen and oxygen atoms in total. The van der Waals surface area contributed by atoms with Gasteiger partial charge in [0.25, 0.3) is 5.91 Å². The molecule has 140 valence electrons. The van der Waals surface area contributed by atoms with Gasteiger partial charge in [0.05, 0.1) is 11.8 Å². The molecule has 1 aromatic heterocycles. The minimum atomic E-state index is -3.07. The fraction of sp³-hybridized carbons (Fsp3) is 0.421. The van der Waals surface area contributed by atoms with E-state index in [-0.39, 0.29) is 17.7 Å². The van der Waals surface area contributed by atoms with E-state index in [2.05, 4.69) is 21.7 Å². The van der Waals surface area contributed by atoms with Gasteiger partial charge < -0.3 is 5.32 Å². The maximum absolute atomic E-state index is 12.5. The normalized spacial score (nSPS) is 16.5. The van der Waals surface area contributed by atoms with E-state index < -0.39 is 9.84 Å². The number of likely N-dealkylation sites (tertiary alicyclic amines) is 1. The van der Waals surface area contributed by atoms with E-state index >= 15 is 0 Å². The molecule has 1 aliphatic heterocycles. The molecule has 0 spiro atoms. The van der Waals surface area contributed by atoms with Crippen LogP contribution in [0.5, 0.6) is 0 Å². The third kappa shape index (κ3) is 5.16. The van der Waals surface area contributed by atoms with E-state index in [1.54, 1.807) is 35.6 Å². The second kappa shape index (κ2) is 8.33. The van der Waals surface area contributed by atoms with Gasteiger partial charge >= 0.3 is 0 Å². The van der Waals surface area contributed by atoms with Crippen molar-refractivity contribution in [2.45, 2.75) is 24.6 Å². The second-order valence-corrected chi connectivity index (χ2v) is 9.87. The summed E-state index contributed by atoms with van der Waals surface area (Å²) >= 11 is 1.72. The number of carbonyl (C=O) groups excluding carboxylic acids is 1. The van der Waals surface area contributed by atoms with Crippen LogP contribution >= 0.6 is 11.3 Å². The summed E-state index contributed by atoms with van der Waals surface area (Å²) in [6.45, 7) is 2.71. The minimum Gasteiger partial charge on any atom is -0.350 e. The van der Waals surface area contributed by atoms with Crippen LogP contribution in [0.4, 0.5) is 0 Å². The van der Waals surface area contributed by atoms with Crippen LogP contribution in [0.25, 0.3) is 0 Å². The first-order valence-corrected chi connectivity index (χ1v) is 11.7. The van der Waals surface area contributed by atoms with Crippen LogP contribution in [0.2, 0.25) is 0 Å². The summed E-state index contributed by atoms with van der Waals surface area (Å²) in [5.41, 5.74) is 1.24. The lowest BCUT2D eigenvalue weighted by atomic mass is 10.1. The fourth-order valence-corrected chi connectivity index (χ4v) is 4.95. The maximum Gasteiger partial charge on any atom is 0.251 e. The Hall–Kier alpha value is -1.70. The van der Waals surface area contributed by atoms with Crippen molar-refractivity contribution in [1.29, 1.82) is 0 Å². The lowest BCUT2D eigenvalue weighted by Gasteiger charge is -2.27. The second-order valence-electron chi connectivity index (χ2n) is 6.75. The number of thiophene rings is 1. The van der Waals surface area contributed by atoms with Crippen LogP contribution in [0.1, 0.15) is 39.7 Å². The van der Waals surface area contributed by atoms with Crippen LogP contribution in [0, 0.1) is 0 Å². The predicted octanol–water partition coefficient (Wildman–Crippen LogP) is 2.86. The van der Waals surface area contributed by atoms with E-state index in [1.165, 1.54) is 24.0 Å². The van der Waals surface area contributed by atoms with Crippen molar-refractivity contribution < 1.29 is 13.2 Å². The highest BCUT2D eigenvalue weighted by molar-refractivity contribution is 7.89. The molecule has 1 aromatic carbocycles. The van der Waals surface area contributed by atoms with Crippen LogP contribution in [-0.4, -0.2) is 45.1 Å². The summed E-state index contributed by atoms with van der Waals surface area (Å²) in [5.74, 6) is -0.138. The van der Waals surface area contributed by atoms with Gasteiger partial charge in [-0.15, -0.1) is 11.3 Å². The zero-order valence-corrected chi connectivity index (χ0v) is 16.5. The number of hydrogen-bond donors (Lipinski definition) is 1. The van der Waals surface area contributed by atoms with Gasteiger partial charge in [-0.3, -0.25) is 9.69 Å². The number of rotatable bonds is 7. The molecule has 1 amide bonds. The molecule has 1 atom stereocenters. The summed E-state index contributed by atoms with van der Waals surface area (Å²) in [6.07, 6.45) is 3.62. The van der Waals surface area contributed by atoms with Crippen molar-refractivity contribution in [3.05, 3.63) is 57.8 Å². The topological polar surface area (TPSA) is 66.5 Å². The van der Waals surface area contributed by atoms with E-state index in [4.69, 9.17) is 0 Å². The van der Waals surface area contributed by atoms with Crippen molar-refractivity contribution in [2.24, 2.45) is 0 Å². The number of hydrogen-bond acceptors (Lipinski definition) is 5. The van der Waals surface area contributed by atoms with Crippen LogP contribution in [0.15, 0.2) is 41.8 Å². The summed E-state index contributed by atoms with van der Waals surface area (Å²) in [6, 6.07) is 11.2. The fourth-order valence-electron chi connectivity index (χ4n) is 3.29. The molecule has 0 radical (unpaired) electrons. The van der Waals surface area contributed by atoms with E-state index in [0.29, 0.717) is 17.7 Å². The molecule has 0 saturated carbocycles. The van der Waals surface area contributed by atoms with Crippen molar-refractivity contribution in [3.8, 4) is 0 Å². The molecule has 0 aliphatic carbocycles. The molecule has 1 fully saturated rings. The van der Waals surface area contributed by atoms with Gasteiger partial charge in [-0.1, -0.05) is 18.2 Å². The van der Waals surface area contributed by atoms with Crippen molar-refractivity contribution in [1.82, 2.24) is 10.2 Å². The maximum atomic E-state index is 12.5. The van der Waals surface area contributed by atoms with Crippen LogP contribution in [0.3, 0.4) is 0 Å². The Kier molecular flexibility index (Phi) is 6.11. The SMILES string of the molecule is CS(=O)(=O)Cc1ccc(C(=O)NC[C@@H](c2cccs2)N2CCCC2)cc1. The van der Waals surface area contributed by atoms with Gasteiger partial charge in [-0.2, -0.15) is 0 Å². The van der Waals surface area contributed by atoms with Crippen LogP contribution < -0.4 is 5.32 Å². The first kappa shape index (κ1) is 19.1. The Labute approximate surface area is 159 Å². The zero-order chi connectivity index (χ0) is 18.6. The van der Waals surface area contributed by atoms with E-state index in [0.717, 1.165) is 13.1 Å². The molecule has 7 heteroatoms. The van der Waals surface area contributed by atoms with Crippen molar-refractivity contribution >= 4 is 27.1 Å². The highest BCUT2D eigenvalue weighted by Crippen LogP contribution is 2.27. The Morgan fingerprint density at radius 1 is 1.19 bits per heavy atom. The first-order valence-electron chi connectivity index (χ1n) is 8.75. The number of benzene rings is 1.